The third-order valence-corrected chi connectivity index (χ3v) is 3.86. The van der Waals surface area contributed by atoms with Crippen LogP contribution in [0.4, 0.5) is 5.69 Å². The number of methoxy groups -OCH3 is 1. The maximum absolute atomic E-state index is 11.8. The number of carbonyl (C=O) groups excluding carboxylic acids is 1. The van der Waals surface area contributed by atoms with Crippen LogP contribution in [0.2, 0.25) is 0 Å². The summed E-state index contributed by atoms with van der Waals surface area (Å²) < 4.78 is 6.80. The van der Waals surface area contributed by atoms with Gasteiger partial charge in [0.25, 0.3) is 5.91 Å². The Morgan fingerprint density at radius 3 is 2.78 bits per heavy atom. The molecule has 0 unspecified atom stereocenters. The molecular weight excluding hydrogens is 294 g/mol. The number of hydrogen-bond acceptors (Lipinski definition) is 4. The zero-order valence-corrected chi connectivity index (χ0v) is 13.9. The van der Waals surface area contributed by atoms with Gasteiger partial charge < -0.3 is 14.4 Å². The number of rotatable bonds is 7. The van der Waals surface area contributed by atoms with Crippen LogP contribution in [0.5, 0.6) is 11.6 Å². The minimum absolute atomic E-state index is 0.0178. The highest BCUT2D eigenvalue weighted by Gasteiger charge is 2.15. The summed E-state index contributed by atoms with van der Waals surface area (Å²) in [7, 11) is 3.31. The van der Waals surface area contributed by atoms with Gasteiger partial charge in [0.05, 0.1) is 12.6 Å². The zero-order chi connectivity index (χ0) is 16.8. The van der Waals surface area contributed by atoms with E-state index in [4.69, 9.17) is 4.74 Å². The summed E-state index contributed by atoms with van der Waals surface area (Å²) in [5, 5.41) is 18.6. The Balaban J connectivity index is 2.20. The normalized spacial score (nSPS) is 11.4. The van der Waals surface area contributed by atoms with Gasteiger partial charge in [0.1, 0.15) is 5.75 Å². The van der Waals surface area contributed by atoms with E-state index in [2.05, 4.69) is 17.2 Å². The monoisotopic (exact) mass is 317 g/mol. The van der Waals surface area contributed by atoms with Gasteiger partial charge in [-0.05, 0) is 24.6 Å². The fourth-order valence-electron chi connectivity index (χ4n) is 2.48. The van der Waals surface area contributed by atoms with Gasteiger partial charge in [-0.25, -0.2) is 0 Å². The van der Waals surface area contributed by atoms with Crippen LogP contribution in [0.1, 0.15) is 39.0 Å². The van der Waals surface area contributed by atoms with Gasteiger partial charge in [-0.1, -0.05) is 26.2 Å². The number of fused-ring (bicyclic) bond motifs is 1. The van der Waals surface area contributed by atoms with Crippen LogP contribution in [0.15, 0.2) is 28.4 Å². The fourth-order valence-corrected chi connectivity index (χ4v) is 2.48. The molecule has 0 radical (unpaired) electrons. The minimum atomic E-state index is -0.264. The summed E-state index contributed by atoms with van der Waals surface area (Å²) in [4.78, 5) is 11.8. The standard InChI is InChI=1S/C17H23N3O3/c1-4-5-6-7-8-15(21)18-19-16-13-11-12(23-3)9-10-14(13)20(2)17(16)22/h9-11,22H,4-8H2,1-3H3. The predicted molar refractivity (Wildman–Crippen MR) is 89.4 cm³/mol. The van der Waals surface area contributed by atoms with Gasteiger partial charge in [0.2, 0.25) is 5.88 Å². The molecule has 1 aromatic heterocycles. The van der Waals surface area contributed by atoms with Gasteiger partial charge in [-0.2, -0.15) is 0 Å². The van der Waals surface area contributed by atoms with E-state index < -0.39 is 0 Å². The molecule has 0 spiro atoms. The fraction of sp³-hybridized carbons (Fsp3) is 0.471. The van der Waals surface area contributed by atoms with E-state index in [9.17, 15) is 9.90 Å². The average molecular weight is 317 g/mol. The molecule has 124 valence electrons. The van der Waals surface area contributed by atoms with Crippen LogP contribution in [-0.2, 0) is 11.8 Å². The van der Waals surface area contributed by atoms with Crippen molar-refractivity contribution in [3.63, 3.8) is 0 Å². The maximum atomic E-state index is 11.8. The first kappa shape index (κ1) is 17.0. The zero-order valence-electron chi connectivity index (χ0n) is 13.9. The van der Waals surface area contributed by atoms with Crippen LogP contribution in [-0.4, -0.2) is 22.7 Å². The molecule has 0 aliphatic carbocycles. The van der Waals surface area contributed by atoms with Gasteiger partial charge >= 0.3 is 0 Å². The van der Waals surface area contributed by atoms with Gasteiger partial charge in [0, 0.05) is 18.9 Å². The summed E-state index contributed by atoms with van der Waals surface area (Å²) >= 11 is 0. The number of aromatic nitrogens is 1. The molecule has 0 aliphatic rings. The molecule has 0 fully saturated rings. The highest BCUT2D eigenvalue weighted by atomic mass is 16.5. The van der Waals surface area contributed by atoms with Crippen molar-refractivity contribution in [1.82, 2.24) is 4.57 Å². The quantitative estimate of drug-likeness (QED) is 0.604. The lowest BCUT2D eigenvalue weighted by Crippen LogP contribution is -1.91. The Bertz CT molecular complexity index is 719. The summed E-state index contributed by atoms with van der Waals surface area (Å²) in [5.41, 5.74) is 1.09. The highest BCUT2D eigenvalue weighted by molar-refractivity contribution is 5.96. The minimum Gasteiger partial charge on any atom is -0.497 e. The number of carbonyl (C=O) groups is 1. The first-order valence-electron chi connectivity index (χ1n) is 7.88. The van der Waals surface area contributed by atoms with Crippen molar-refractivity contribution in [1.29, 1.82) is 0 Å². The number of unbranched alkanes of at least 4 members (excludes halogenated alkanes) is 3. The molecule has 1 aromatic carbocycles. The van der Waals surface area contributed by atoms with Crippen LogP contribution in [0.25, 0.3) is 10.9 Å². The number of aromatic hydroxyl groups is 1. The molecule has 0 bridgehead atoms. The summed E-state index contributed by atoms with van der Waals surface area (Å²) in [6.45, 7) is 2.12. The van der Waals surface area contributed by atoms with E-state index >= 15 is 0 Å². The lowest BCUT2D eigenvalue weighted by molar-refractivity contribution is -0.118. The molecule has 2 aromatic rings. The van der Waals surface area contributed by atoms with Gasteiger partial charge in [-0.3, -0.25) is 4.79 Å². The Kier molecular flexibility index (Phi) is 5.73. The van der Waals surface area contributed by atoms with Crippen LogP contribution in [0.3, 0.4) is 0 Å². The lowest BCUT2D eigenvalue weighted by Gasteiger charge is -2.00. The van der Waals surface area contributed by atoms with E-state index in [0.717, 1.165) is 31.2 Å². The predicted octanol–water partition coefficient (Wildman–Crippen LogP) is 4.47. The smallest absolute Gasteiger partial charge is 0.264 e. The number of benzene rings is 1. The Morgan fingerprint density at radius 1 is 1.30 bits per heavy atom. The van der Waals surface area contributed by atoms with Crippen molar-refractivity contribution in [3.05, 3.63) is 18.2 Å². The second kappa shape index (κ2) is 7.76. The number of aryl methyl sites for hydroxylation is 1. The first-order chi connectivity index (χ1) is 11.1. The second-order valence-corrected chi connectivity index (χ2v) is 5.52. The van der Waals surface area contributed by atoms with Crippen LogP contribution in [0, 0.1) is 0 Å². The van der Waals surface area contributed by atoms with Crippen LogP contribution >= 0.6 is 0 Å². The van der Waals surface area contributed by atoms with Crippen molar-refractivity contribution in [2.75, 3.05) is 7.11 Å². The number of amides is 1. The Morgan fingerprint density at radius 2 is 2.09 bits per heavy atom. The maximum Gasteiger partial charge on any atom is 0.264 e. The van der Waals surface area contributed by atoms with Crippen LogP contribution < -0.4 is 4.74 Å². The van der Waals surface area contributed by atoms with Crippen molar-refractivity contribution in [2.24, 2.45) is 17.3 Å². The van der Waals surface area contributed by atoms with Crippen molar-refractivity contribution in [3.8, 4) is 11.6 Å². The summed E-state index contributed by atoms with van der Waals surface area (Å²) in [6, 6.07) is 5.41. The number of azo groups is 1. The molecule has 0 saturated heterocycles. The number of nitrogens with zero attached hydrogens (tertiary/aromatic N) is 3. The van der Waals surface area contributed by atoms with E-state index in [-0.39, 0.29) is 11.8 Å². The SMILES string of the molecule is CCCCCCC(=O)N=Nc1c(O)n(C)c2ccc(OC)cc12. The van der Waals surface area contributed by atoms with E-state index in [1.165, 1.54) is 0 Å². The Hall–Kier alpha value is -2.37. The largest absolute Gasteiger partial charge is 0.497 e. The van der Waals surface area contributed by atoms with E-state index in [1.807, 2.05) is 12.1 Å². The first-order valence-corrected chi connectivity index (χ1v) is 7.88. The molecule has 6 heteroatoms. The Labute approximate surface area is 135 Å². The molecule has 1 amide bonds. The van der Waals surface area contributed by atoms with Crippen molar-refractivity contribution >= 4 is 22.5 Å². The van der Waals surface area contributed by atoms with E-state index in [0.29, 0.717) is 23.2 Å². The van der Waals surface area contributed by atoms with Crippen molar-refractivity contribution < 1.29 is 14.6 Å². The second-order valence-electron chi connectivity index (χ2n) is 5.52. The third-order valence-electron chi connectivity index (χ3n) is 3.86. The van der Waals surface area contributed by atoms with E-state index in [1.54, 1.807) is 24.8 Å². The lowest BCUT2D eigenvalue weighted by atomic mass is 10.1. The molecule has 1 heterocycles. The highest BCUT2D eigenvalue weighted by Crippen LogP contribution is 2.39. The molecule has 2 rings (SSSR count). The molecule has 1 N–H and O–H groups in total. The molecular formula is C17H23N3O3. The molecule has 0 saturated carbocycles. The third kappa shape index (κ3) is 3.88. The number of hydrogen-bond donors (Lipinski definition) is 1. The molecule has 6 nitrogen and oxygen atoms in total. The topological polar surface area (TPSA) is 76.2 Å². The van der Waals surface area contributed by atoms with Crippen molar-refractivity contribution in [2.45, 2.75) is 39.0 Å². The summed E-state index contributed by atoms with van der Waals surface area (Å²) in [6.07, 6.45) is 4.48. The van der Waals surface area contributed by atoms with Gasteiger partial charge in [-0.15, -0.1) is 10.2 Å². The van der Waals surface area contributed by atoms with Gasteiger partial charge in [0.15, 0.2) is 5.69 Å². The molecule has 0 atom stereocenters. The summed E-state index contributed by atoms with van der Waals surface area (Å²) in [5.74, 6) is 0.377. The average Bonchev–Trinajstić information content (AvgIpc) is 2.80. The molecule has 0 aliphatic heterocycles. The number of ether oxygens (including phenoxy) is 1. The molecule has 23 heavy (non-hydrogen) atoms.